The third-order valence-corrected chi connectivity index (χ3v) is 6.44. The maximum atomic E-state index is 14.3. The van der Waals surface area contributed by atoms with Crippen molar-refractivity contribution in [2.45, 2.75) is 44.8 Å². The minimum atomic E-state index is -1.43. The Hall–Kier alpha value is -4.52. The number of methoxy groups -OCH3 is 1. The number of aliphatic carboxylic acids is 1. The fraction of sp³-hybridized carbons (Fsp3) is 0.333. The normalized spacial score (nSPS) is 13.1. The Labute approximate surface area is 240 Å². The highest BCUT2D eigenvalue weighted by Crippen LogP contribution is 2.26. The van der Waals surface area contributed by atoms with Crippen molar-refractivity contribution in [2.24, 2.45) is 5.92 Å². The number of halogens is 2. The number of hydrogen-bond donors (Lipinski definition) is 5. The van der Waals surface area contributed by atoms with Crippen LogP contribution in [0.3, 0.4) is 0 Å². The number of carboxylic acid groups (broad SMARTS) is 1. The maximum Gasteiger partial charge on any atom is 0.407 e. The summed E-state index contributed by atoms with van der Waals surface area (Å²) in [5.41, 5.74) is 1.57. The molecule has 2 aromatic carbocycles. The molecule has 3 unspecified atom stereocenters. The average Bonchev–Trinajstić information content (AvgIpc) is 3.48. The molecule has 0 fully saturated rings. The van der Waals surface area contributed by atoms with E-state index >= 15 is 0 Å². The molecule has 0 saturated heterocycles. The van der Waals surface area contributed by atoms with Crippen molar-refractivity contribution in [1.82, 2.24) is 31.4 Å². The van der Waals surface area contributed by atoms with Gasteiger partial charge in [-0.25, -0.2) is 14.0 Å². The van der Waals surface area contributed by atoms with E-state index in [0.29, 0.717) is 21.7 Å². The molecule has 5 N–H and O–H groups in total. The predicted octanol–water partition coefficient (Wildman–Crippen LogP) is 2.95. The van der Waals surface area contributed by atoms with Gasteiger partial charge < -0.3 is 25.8 Å². The number of benzene rings is 2. The van der Waals surface area contributed by atoms with E-state index in [2.05, 4.69) is 36.1 Å². The van der Waals surface area contributed by atoms with Gasteiger partial charge in [0.25, 0.3) is 5.91 Å². The highest BCUT2D eigenvalue weighted by atomic mass is 35.5. The molecular weight excluding hydrogens is 559 g/mol. The van der Waals surface area contributed by atoms with Crippen LogP contribution < -0.4 is 16.0 Å². The Bertz CT molecular complexity index is 1370. The molecule has 0 radical (unpaired) electrons. The number of hydrogen-bond acceptors (Lipinski definition) is 7. The van der Waals surface area contributed by atoms with Crippen LogP contribution in [0, 0.1) is 11.7 Å². The van der Waals surface area contributed by atoms with Gasteiger partial charge in [-0.1, -0.05) is 49.7 Å². The summed E-state index contributed by atoms with van der Waals surface area (Å²) in [5, 5.41) is 27.5. The van der Waals surface area contributed by atoms with Crippen molar-refractivity contribution in [3.63, 3.8) is 0 Å². The summed E-state index contributed by atoms with van der Waals surface area (Å²) >= 11 is 6.01. The van der Waals surface area contributed by atoms with Crippen molar-refractivity contribution in [1.29, 1.82) is 0 Å². The van der Waals surface area contributed by atoms with Gasteiger partial charge in [0.15, 0.2) is 5.69 Å². The number of carbonyl (C=O) groups excluding carboxylic acids is 3. The Morgan fingerprint density at radius 1 is 1.07 bits per heavy atom. The number of nitrogens with zero attached hydrogens (tertiary/aromatic N) is 2. The number of carboxylic acids is 1. The Morgan fingerprint density at radius 2 is 1.78 bits per heavy atom. The molecule has 0 saturated carbocycles. The van der Waals surface area contributed by atoms with Crippen LogP contribution in [0.2, 0.25) is 5.02 Å². The first-order valence-corrected chi connectivity index (χ1v) is 12.9. The number of amides is 3. The van der Waals surface area contributed by atoms with Gasteiger partial charge in [0, 0.05) is 16.6 Å². The Kier molecular flexibility index (Phi) is 10.8. The molecule has 0 aliphatic heterocycles. The second-order valence-electron chi connectivity index (χ2n) is 9.54. The zero-order valence-corrected chi connectivity index (χ0v) is 23.2. The zero-order valence-electron chi connectivity index (χ0n) is 22.5. The maximum absolute atomic E-state index is 14.3. The molecule has 14 heteroatoms. The number of aromatic nitrogens is 3. The molecule has 0 aliphatic carbocycles. The number of aromatic amines is 1. The topological polar surface area (TPSA) is 175 Å². The molecule has 0 spiro atoms. The quantitative estimate of drug-likeness (QED) is 0.214. The van der Waals surface area contributed by atoms with Gasteiger partial charge in [0.2, 0.25) is 5.91 Å². The molecule has 41 heavy (non-hydrogen) atoms. The molecule has 218 valence electrons. The predicted molar refractivity (Wildman–Crippen MR) is 147 cm³/mol. The summed E-state index contributed by atoms with van der Waals surface area (Å²) < 4.78 is 18.9. The van der Waals surface area contributed by atoms with Gasteiger partial charge >= 0.3 is 12.1 Å². The largest absolute Gasteiger partial charge is 0.480 e. The van der Waals surface area contributed by atoms with Crippen LogP contribution in [0.15, 0.2) is 48.7 Å². The molecule has 0 bridgehead atoms. The van der Waals surface area contributed by atoms with E-state index in [0.717, 1.165) is 7.11 Å². The molecule has 12 nitrogen and oxygen atoms in total. The van der Waals surface area contributed by atoms with Crippen LogP contribution in [-0.2, 0) is 20.7 Å². The van der Waals surface area contributed by atoms with E-state index in [1.54, 1.807) is 38.1 Å². The van der Waals surface area contributed by atoms with E-state index in [1.165, 1.54) is 24.4 Å². The van der Waals surface area contributed by atoms with Crippen LogP contribution in [-0.4, -0.2) is 69.6 Å². The minimum Gasteiger partial charge on any atom is -0.480 e. The van der Waals surface area contributed by atoms with Crippen molar-refractivity contribution in [3.8, 4) is 11.1 Å². The Morgan fingerprint density at radius 3 is 2.37 bits per heavy atom. The van der Waals surface area contributed by atoms with Crippen LogP contribution in [0.5, 0.6) is 0 Å². The summed E-state index contributed by atoms with van der Waals surface area (Å²) in [5.74, 6) is -3.50. The molecule has 3 rings (SSSR count). The van der Waals surface area contributed by atoms with Gasteiger partial charge in [-0.3, -0.25) is 9.59 Å². The molecule has 0 aliphatic rings. The standard InChI is InChI=1S/C27H30ClFN6O6/c1-14(2)23(33-27(40)41-3)25(37)32-21(26(38)39)12-18(31-24(36)22-13-30-35-34-22)10-15-4-6-16(7-5-15)19-11-17(28)8-9-20(19)29/h4-9,11,13-14,18,21,23H,10,12H2,1-3H3,(H,31,36)(H,32,37)(H,33,40)(H,38,39)(H,30,34,35). The van der Waals surface area contributed by atoms with Gasteiger partial charge in [-0.2, -0.15) is 15.4 Å². The van der Waals surface area contributed by atoms with Crippen LogP contribution in [0.25, 0.3) is 11.1 Å². The zero-order chi connectivity index (χ0) is 30.1. The number of rotatable bonds is 12. The first kappa shape index (κ1) is 31.0. The molecule has 1 aromatic heterocycles. The van der Waals surface area contributed by atoms with Gasteiger partial charge in [0.05, 0.1) is 13.3 Å². The lowest BCUT2D eigenvalue weighted by Crippen LogP contribution is -2.55. The van der Waals surface area contributed by atoms with Crippen molar-refractivity contribution in [2.75, 3.05) is 7.11 Å². The molecule has 3 atom stereocenters. The minimum absolute atomic E-state index is 0.0140. The summed E-state index contributed by atoms with van der Waals surface area (Å²) in [7, 11) is 1.14. The molecule has 3 amide bonds. The van der Waals surface area contributed by atoms with Crippen molar-refractivity contribution < 1.29 is 33.4 Å². The van der Waals surface area contributed by atoms with Crippen molar-refractivity contribution >= 4 is 35.5 Å². The average molecular weight is 589 g/mol. The van der Waals surface area contributed by atoms with E-state index < -0.39 is 47.8 Å². The number of carbonyl (C=O) groups is 4. The molecule has 3 aromatic rings. The third-order valence-electron chi connectivity index (χ3n) is 6.20. The van der Waals surface area contributed by atoms with Crippen LogP contribution >= 0.6 is 11.6 Å². The molecular formula is C27H30ClFN6O6. The number of alkyl carbamates (subject to hydrolysis) is 1. The van der Waals surface area contributed by atoms with Crippen LogP contribution in [0.1, 0.15) is 36.3 Å². The number of H-pyrrole nitrogens is 1. The monoisotopic (exact) mass is 588 g/mol. The van der Waals surface area contributed by atoms with Crippen molar-refractivity contribution in [3.05, 3.63) is 70.8 Å². The lowest BCUT2D eigenvalue weighted by Gasteiger charge is -2.26. The van der Waals surface area contributed by atoms with E-state index in [9.17, 15) is 28.7 Å². The highest BCUT2D eigenvalue weighted by molar-refractivity contribution is 6.30. The van der Waals surface area contributed by atoms with E-state index in [4.69, 9.17) is 11.6 Å². The van der Waals surface area contributed by atoms with Gasteiger partial charge in [0.1, 0.15) is 17.9 Å². The smallest absolute Gasteiger partial charge is 0.407 e. The first-order valence-electron chi connectivity index (χ1n) is 12.6. The fourth-order valence-corrected chi connectivity index (χ4v) is 4.25. The number of ether oxygens (including phenoxy) is 1. The third kappa shape index (κ3) is 8.73. The summed E-state index contributed by atoms with van der Waals surface area (Å²) in [6, 6.07) is 7.74. The van der Waals surface area contributed by atoms with E-state index in [-0.39, 0.29) is 24.5 Å². The summed E-state index contributed by atoms with van der Waals surface area (Å²) in [6.07, 6.45) is 0.321. The second kappa shape index (κ2) is 14.2. The van der Waals surface area contributed by atoms with Gasteiger partial charge in [-0.05, 0) is 48.1 Å². The second-order valence-corrected chi connectivity index (χ2v) is 9.98. The first-order chi connectivity index (χ1) is 19.5. The summed E-state index contributed by atoms with van der Waals surface area (Å²) in [4.78, 5) is 49.5. The van der Waals surface area contributed by atoms with E-state index in [1.807, 2.05) is 0 Å². The highest BCUT2D eigenvalue weighted by Gasteiger charge is 2.31. The fourth-order valence-electron chi connectivity index (χ4n) is 4.08. The number of nitrogens with one attached hydrogen (secondary N) is 4. The SMILES string of the molecule is COC(=O)NC(C(=O)NC(CC(Cc1ccc(-c2cc(Cl)ccc2F)cc1)NC(=O)c1cn[nH]n1)C(=O)O)C(C)C. The lowest BCUT2D eigenvalue weighted by molar-refractivity contribution is -0.142. The van der Waals surface area contributed by atoms with Crippen LogP contribution in [0.4, 0.5) is 9.18 Å². The lowest BCUT2D eigenvalue weighted by atomic mass is 9.96. The molecule has 1 heterocycles. The summed E-state index contributed by atoms with van der Waals surface area (Å²) in [6.45, 7) is 3.35. The Balaban J connectivity index is 1.82. The van der Waals surface area contributed by atoms with Gasteiger partial charge in [-0.15, -0.1) is 0 Å².